The molecule has 0 saturated heterocycles. The van der Waals surface area contributed by atoms with Crippen LogP contribution >= 0.6 is 22.6 Å². The maximum atomic E-state index is 11.6. The molecule has 0 rings (SSSR count). The van der Waals surface area contributed by atoms with Crippen LogP contribution in [0.4, 0.5) is 13.2 Å². The molecule has 0 saturated carbocycles. The van der Waals surface area contributed by atoms with Crippen molar-refractivity contribution in [3.63, 3.8) is 0 Å². The van der Waals surface area contributed by atoms with Crippen LogP contribution in [0.5, 0.6) is 0 Å². The quantitative estimate of drug-likeness (QED) is 0.437. The zero-order valence-corrected chi connectivity index (χ0v) is 10.2. The predicted octanol–water partition coefficient (Wildman–Crippen LogP) is 1.90. The summed E-state index contributed by atoms with van der Waals surface area (Å²) in [5.41, 5.74) is 0. The monoisotopic (exact) mass is 339 g/mol. The molecule has 0 spiro atoms. The average molecular weight is 339 g/mol. The molecule has 0 aliphatic carbocycles. The van der Waals surface area contributed by atoms with Crippen molar-refractivity contribution in [3.05, 3.63) is 0 Å². The van der Waals surface area contributed by atoms with Gasteiger partial charge in [-0.15, -0.1) is 0 Å². The summed E-state index contributed by atoms with van der Waals surface area (Å²) >= 11 is 2.21. The van der Waals surface area contributed by atoms with Gasteiger partial charge < -0.3 is 10.1 Å². The van der Waals surface area contributed by atoms with E-state index in [0.717, 1.165) is 17.3 Å². The van der Waals surface area contributed by atoms with E-state index >= 15 is 0 Å². The van der Waals surface area contributed by atoms with Gasteiger partial charge in [-0.25, -0.2) is 0 Å². The first kappa shape index (κ1) is 14.9. The molecule has 0 radical (unpaired) electrons. The Morgan fingerprint density at radius 3 is 2.53 bits per heavy atom. The first-order valence-electron chi connectivity index (χ1n) is 4.43. The van der Waals surface area contributed by atoms with E-state index < -0.39 is 25.3 Å². The maximum Gasteiger partial charge on any atom is 0.411 e. The molecular weight excluding hydrogens is 326 g/mol. The number of hydrogen-bond acceptors (Lipinski definition) is 2. The first-order valence-corrected chi connectivity index (χ1v) is 5.95. The molecule has 0 aromatic rings. The van der Waals surface area contributed by atoms with Crippen molar-refractivity contribution in [3.8, 4) is 0 Å². The van der Waals surface area contributed by atoms with Crippen molar-refractivity contribution in [2.45, 2.75) is 19.0 Å². The highest BCUT2D eigenvalue weighted by molar-refractivity contribution is 14.1. The summed E-state index contributed by atoms with van der Waals surface area (Å²) in [6, 6.07) is 0. The molecule has 1 amide bonds. The SMILES string of the molecule is O=C(COCC(F)(F)F)NCCCCI. The maximum absolute atomic E-state index is 11.6. The molecule has 0 aromatic heterocycles. The normalized spacial score (nSPS) is 11.5. The predicted molar refractivity (Wildman–Crippen MR) is 58.0 cm³/mol. The molecule has 0 atom stereocenters. The zero-order valence-electron chi connectivity index (χ0n) is 8.07. The van der Waals surface area contributed by atoms with Crippen LogP contribution in [0.15, 0.2) is 0 Å². The van der Waals surface area contributed by atoms with E-state index in [2.05, 4.69) is 32.6 Å². The largest absolute Gasteiger partial charge is 0.411 e. The number of rotatable bonds is 7. The van der Waals surface area contributed by atoms with Crippen molar-refractivity contribution < 1.29 is 22.7 Å². The van der Waals surface area contributed by atoms with Crippen molar-refractivity contribution in [2.75, 3.05) is 24.2 Å². The Bertz CT molecular complexity index is 187. The lowest BCUT2D eigenvalue weighted by Crippen LogP contribution is -2.30. The van der Waals surface area contributed by atoms with Gasteiger partial charge in [0.2, 0.25) is 5.91 Å². The number of ether oxygens (including phenoxy) is 1. The van der Waals surface area contributed by atoms with Gasteiger partial charge in [0.15, 0.2) is 0 Å². The number of halogens is 4. The number of carbonyl (C=O) groups is 1. The third-order valence-corrected chi connectivity index (χ3v) is 2.14. The zero-order chi connectivity index (χ0) is 11.7. The van der Waals surface area contributed by atoms with E-state index in [1.165, 1.54) is 0 Å². The number of nitrogens with one attached hydrogen (secondary N) is 1. The summed E-state index contributed by atoms with van der Waals surface area (Å²) in [7, 11) is 0. The Hall–Kier alpha value is -0.0500. The Labute approximate surface area is 99.9 Å². The van der Waals surface area contributed by atoms with Crippen LogP contribution in [-0.4, -0.2) is 36.3 Å². The highest BCUT2D eigenvalue weighted by Gasteiger charge is 2.27. The van der Waals surface area contributed by atoms with Crippen LogP contribution in [0, 0.1) is 0 Å². The fraction of sp³-hybridized carbons (Fsp3) is 0.875. The average Bonchev–Trinajstić information content (AvgIpc) is 2.10. The number of unbranched alkanes of at least 4 members (excludes halogenated alkanes) is 1. The van der Waals surface area contributed by atoms with Gasteiger partial charge in [-0.2, -0.15) is 13.2 Å². The van der Waals surface area contributed by atoms with Gasteiger partial charge in [0.1, 0.15) is 13.2 Å². The van der Waals surface area contributed by atoms with Crippen molar-refractivity contribution in [2.24, 2.45) is 0 Å². The number of carbonyl (C=O) groups excluding carboxylic acids is 1. The van der Waals surface area contributed by atoms with E-state index in [0.29, 0.717) is 6.54 Å². The van der Waals surface area contributed by atoms with Crippen molar-refractivity contribution in [1.82, 2.24) is 5.32 Å². The lowest BCUT2D eigenvalue weighted by atomic mass is 10.3. The fourth-order valence-electron chi connectivity index (χ4n) is 0.758. The molecule has 3 nitrogen and oxygen atoms in total. The second kappa shape index (κ2) is 8.14. The standard InChI is InChI=1S/C8H13F3INO2/c9-8(10,11)6-15-5-7(14)13-4-2-1-3-12/h1-6H2,(H,13,14). The molecule has 0 aliphatic rings. The molecule has 0 unspecified atom stereocenters. The molecule has 15 heavy (non-hydrogen) atoms. The minimum Gasteiger partial charge on any atom is -0.362 e. The van der Waals surface area contributed by atoms with Crippen LogP contribution in [0.3, 0.4) is 0 Å². The second-order valence-corrected chi connectivity index (χ2v) is 3.93. The van der Waals surface area contributed by atoms with Crippen LogP contribution in [0.1, 0.15) is 12.8 Å². The summed E-state index contributed by atoms with van der Waals surface area (Å²) in [5.74, 6) is -0.507. The minimum absolute atomic E-state index is 0.483. The number of hydrogen-bond donors (Lipinski definition) is 1. The van der Waals surface area contributed by atoms with Gasteiger partial charge in [0.05, 0.1) is 0 Å². The minimum atomic E-state index is -4.37. The van der Waals surface area contributed by atoms with Gasteiger partial charge in [0.25, 0.3) is 0 Å². The van der Waals surface area contributed by atoms with Crippen LogP contribution < -0.4 is 5.32 Å². The summed E-state index contributed by atoms with van der Waals surface area (Å²) in [6.45, 7) is -1.44. The van der Waals surface area contributed by atoms with Crippen molar-refractivity contribution >= 4 is 28.5 Å². The Morgan fingerprint density at radius 2 is 2.00 bits per heavy atom. The van der Waals surface area contributed by atoms with Crippen LogP contribution in [0.25, 0.3) is 0 Å². The molecular formula is C8H13F3INO2. The third-order valence-electron chi connectivity index (χ3n) is 1.38. The summed E-state index contributed by atoms with van der Waals surface area (Å²) < 4.78 is 40.0. The molecule has 0 aliphatic heterocycles. The van der Waals surface area contributed by atoms with E-state index in [1.54, 1.807) is 0 Å². The Kier molecular flexibility index (Phi) is 8.12. The van der Waals surface area contributed by atoms with Crippen LogP contribution in [-0.2, 0) is 9.53 Å². The molecule has 90 valence electrons. The van der Waals surface area contributed by atoms with E-state index in [9.17, 15) is 18.0 Å². The molecule has 7 heteroatoms. The van der Waals surface area contributed by atoms with E-state index in [4.69, 9.17) is 0 Å². The highest BCUT2D eigenvalue weighted by atomic mass is 127. The molecule has 0 heterocycles. The topological polar surface area (TPSA) is 38.3 Å². The second-order valence-electron chi connectivity index (χ2n) is 2.85. The van der Waals surface area contributed by atoms with Gasteiger partial charge in [0, 0.05) is 6.54 Å². The first-order chi connectivity index (χ1) is 6.95. The Morgan fingerprint density at radius 1 is 1.33 bits per heavy atom. The fourth-order valence-corrected chi connectivity index (χ4v) is 1.30. The van der Waals surface area contributed by atoms with Crippen molar-refractivity contribution in [1.29, 1.82) is 0 Å². The van der Waals surface area contributed by atoms with Crippen LogP contribution in [0.2, 0.25) is 0 Å². The number of alkyl halides is 4. The molecule has 0 aromatic carbocycles. The lowest BCUT2D eigenvalue weighted by molar-refractivity contribution is -0.175. The highest BCUT2D eigenvalue weighted by Crippen LogP contribution is 2.13. The molecule has 1 N–H and O–H groups in total. The van der Waals surface area contributed by atoms with Gasteiger partial charge in [-0.05, 0) is 17.3 Å². The summed E-state index contributed by atoms with van der Waals surface area (Å²) in [4.78, 5) is 10.9. The molecule has 0 bridgehead atoms. The summed E-state index contributed by atoms with van der Waals surface area (Å²) in [5, 5.41) is 2.47. The lowest BCUT2D eigenvalue weighted by Gasteiger charge is -2.07. The Balaban J connectivity index is 3.34. The number of amides is 1. The third kappa shape index (κ3) is 11.9. The van der Waals surface area contributed by atoms with E-state index in [-0.39, 0.29) is 0 Å². The molecule has 0 fully saturated rings. The van der Waals surface area contributed by atoms with E-state index in [1.807, 2.05) is 0 Å². The summed E-state index contributed by atoms with van der Waals surface area (Å²) in [6.07, 6.45) is -2.57. The van der Waals surface area contributed by atoms with Gasteiger partial charge in [-0.3, -0.25) is 4.79 Å². The van der Waals surface area contributed by atoms with Gasteiger partial charge >= 0.3 is 6.18 Å². The smallest absolute Gasteiger partial charge is 0.362 e. The van der Waals surface area contributed by atoms with Gasteiger partial charge in [-0.1, -0.05) is 22.6 Å².